The first-order valence-electron chi connectivity index (χ1n) is 14.1. The summed E-state index contributed by atoms with van der Waals surface area (Å²) in [5.74, 6) is 2.23. The Labute approximate surface area is 242 Å². The number of hydrogen-bond acceptors (Lipinski definition) is 6. The van der Waals surface area contributed by atoms with Crippen molar-refractivity contribution in [2.45, 2.75) is 50.4 Å². The third kappa shape index (κ3) is 9.23. The lowest BCUT2D eigenvalue weighted by atomic mass is 9.90. The van der Waals surface area contributed by atoms with Gasteiger partial charge in [-0.15, -0.1) is 0 Å². The number of carbonyl (C=O) groups is 1. The molecule has 1 aliphatic heterocycles. The molecule has 1 aromatic heterocycles. The number of nitrogens with zero attached hydrogens (tertiary/aromatic N) is 4. The second-order valence-electron chi connectivity index (χ2n) is 10.1. The average Bonchev–Trinajstić information content (AvgIpc) is 2.97. The number of amides is 1. The van der Waals surface area contributed by atoms with E-state index < -0.39 is 0 Å². The molecule has 208 valence electrons. The van der Waals surface area contributed by atoms with E-state index >= 15 is 0 Å². The van der Waals surface area contributed by atoms with Crippen LogP contribution in [0.1, 0.15) is 54.6 Å². The van der Waals surface area contributed by atoms with Crippen LogP contribution < -0.4 is 10.2 Å². The summed E-state index contributed by atoms with van der Waals surface area (Å²) in [7, 11) is 0. The minimum Gasteiger partial charge on any atom is -0.356 e. The van der Waals surface area contributed by atoms with Gasteiger partial charge in [-0.3, -0.25) is 4.79 Å². The quantitative estimate of drug-likeness (QED) is 0.113. The Balaban J connectivity index is 1.27. The summed E-state index contributed by atoms with van der Waals surface area (Å²) in [6, 6.07) is 20.4. The van der Waals surface area contributed by atoms with Crippen LogP contribution in [-0.2, 0) is 12.2 Å². The minimum atomic E-state index is -0.0293. The topological polar surface area (TPSA) is 61.4 Å². The van der Waals surface area contributed by atoms with Crippen LogP contribution >= 0.6 is 23.4 Å². The van der Waals surface area contributed by atoms with Crippen LogP contribution in [0.25, 0.3) is 0 Å². The van der Waals surface area contributed by atoms with Crippen molar-refractivity contribution in [3.8, 4) is 0 Å². The third-order valence-electron chi connectivity index (χ3n) is 7.35. The zero-order valence-electron chi connectivity index (χ0n) is 23.1. The summed E-state index contributed by atoms with van der Waals surface area (Å²) in [6.45, 7) is 10.0. The molecular weight excluding hydrogens is 526 g/mol. The molecule has 1 fully saturated rings. The van der Waals surface area contributed by atoms with Crippen molar-refractivity contribution in [1.82, 2.24) is 20.2 Å². The van der Waals surface area contributed by atoms with Gasteiger partial charge in [0, 0.05) is 37.0 Å². The Morgan fingerprint density at radius 3 is 2.51 bits per heavy atom. The van der Waals surface area contributed by atoms with E-state index in [1.54, 1.807) is 11.8 Å². The molecule has 39 heavy (non-hydrogen) atoms. The summed E-state index contributed by atoms with van der Waals surface area (Å²) in [5, 5.41) is 4.18. The largest absolute Gasteiger partial charge is 0.356 e. The predicted molar refractivity (Wildman–Crippen MR) is 163 cm³/mol. The normalized spacial score (nSPS) is 14.1. The molecule has 3 aromatic rings. The molecule has 1 N–H and O–H groups in total. The maximum atomic E-state index is 12.7. The van der Waals surface area contributed by atoms with E-state index in [9.17, 15) is 4.79 Å². The highest BCUT2D eigenvalue weighted by atomic mass is 35.5. The number of carbonyl (C=O) groups excluding carboxylic acids is 1. The number of halogens is 1. The van der Waals surface area contributed by atoms with Crippen molar-refractivity contribution in [1.29, 1.82) is 0 Å². The standard InChI is InChI=1S/C31H40ClN5OS/c1-3-36(4-2)17-9-16-33-30(38)27-13-8-12-26(21-27)23-39-31-34-28(32)22-29(35-31)37-18-14-25(15-19-37)20-24-10-6-5-7-11-24/h5-8,10-13,21-22,25H,3-4,9,14-20,23H2,1-2H3,(H,33,38). The number of nitrogens with one attached hydrogen (secondary N) is 1. The second kappa shape index (κ2) is 15.2. The molecular formula is C31H40ClN5OS. The van der Waals surface area contributed by atoms with E-state index in [0.29, 0.717) is 34.1 Å². The van der Waals surface area contributed by atoms with Gasteiger partial charge in [-0.25, -0.2) is 9.97 Å². The van der Waals surface area contributed by atoms with Crippen LogP contribution in [-0.4, -0.2) is 60.0 Å². The molecule has 1 saturated heterocycles. The first-order chi connectivity index (χ1) is 19.0. The van der Waals surface area contributed by atoms with Crippen LogP contribution in [0.3, 0.4) is 0 Å². The number of thioether (sulfide) groups is 1. The maximum Gasteiger partial charge on any atom is 0.251 e. The summed E-state index contributed by atoms with van der Waals surface area (Å²) >= 11 is 7.95. The lowest BCUT2D eigenvalue weighted by molar-refractivity contribution is 0.0951. The van der Waals surface area contributed by atoms with E-state index in [1.165, 1.54) is 5.56 Å². The zero-order chi connectivity index (χ0) is 27.5. The first-order valence-corrected chi connectivity index (χ1v) is 15.5. The van der Waals surface area contributed by atoms with Gasteiger partial charge in [-0.1, -0.05) is 79.7 Å². The molecule has 0 atom stereocenters. The SMILES string of the molecule is CCN(CC)CCCNC(=O)c1cccc(CSc2nc(Cl)cc(N3CCC(Cc4ccccc4)CC3)n2)c1. The van der Waals surface area contributed by atoms with Gasteiger partial charge in [0.25, 0.3) is 5.91 Å². The Kier molecular flexibility index (Phi) is 11.5. The Hall–Kier alpha value is -2.61. The highest BCUT2D eigenvalue weighted by Crippen LogP contribution is 2.29. The highest BCUT2D eigenvalue weighted by Gasteiger charge is 2.21. The van der Waals surface area contributed by atoms with Crippen LogP contribution in [0, 0.1) is 5.92 Å². The number of piperidine rings is 1. The molecule has 0 bridgehead atoms. The van der Waals surface area contributed by atoms with Gasteiger partial charge in [0.2, 0.25) is 0 Å². The smallest absolute Gasteiger partial charge is 0.251 e. The monoisotopic (exact) mass is 565 g/mol. The van der Waals surface area contributed by atoms with Crippen molar-refractivity contribution in [3.63, 3.8) is 0 Å². The van der Waals surface area contributed by atoms with Gasteiger partial charge < -0.3 is 15.1 Å². The number of hydrogen-bond donors (Lipinski definition) is 1. The first kappa shape index (κ1) is 29.4. The zero-order valence-corrected chi connectivity index (χ0v) is 24.7. The minimum absolute atomic E-state index is 0.0293. The van der Waals surface area contributed by atoms with Crippen molar-refractivity contribution < 1.29 is 4.79 Å². The summed E-state index contributed by atoms with van der Waals surface area (Å²) < 4.78 is 0. The number of benzene rings is 2. The molecule has 6 nitrogen and oxygen atoms in total. The molecule has 8 heteroatoms. The van der Waals surface area contributed by atoms with Crippen LogP contribution in [0.15, 0.2) is 65.8 Å². The van der Waals surface area contributed by atoms with Gasteiger partial charge in [0.15, 0.2) is 5.16 Å². The molecule has 0 saturated carbocycles. The molecule has 1 aliphatic rings. The molecule has 0 radical (unpaired) electrons. The fraction of sp³-hybridized carbons (Fsp3) is 0.452. The van der Waals surface area contributed by atoms with E-state index in [2.05, 4.69) is 64.3 Å². The molecule has 0 aliphatic carbocycles. The van der Waals surface area contributed by atoms with E-state index in [-0.39, 0.29) is 5.91 Å². The average molecular weight is 566 g/mol. The van der Waals surface area contributed by atoms with Crippen molar-refractivity contribution in [2.24, 2.45) is 5.92 Å². The Morgan fingerprint density at radius 1 is 1.03 bits per heavy atom. The fourth-order valence-corrected chi connectivity index (χ4v) is 6.05. The third-order valence-corrected chi connectivity index (χ3v) is 8.47. The molecule has 2 heterocycles. The maximum absolute atomic E-state index is 12.7. The summed E-state index contributed by atoms with van der Waals surface area (Å²) in [6.07, 6.45) is 4.36. The van der Waals surface area contributed by atoms with Gasteiger partial charge in [0.1, 0.15) is 11.0 Å². The fourth-order valence-electron chi connectivity index (χ4n) is 5.02. The molecule has 4 rings (SSSR count). The van der Waals surface area contributed by atoms with Crippen molar-refractivity contribution >= 4 is 35.1 Å². The molecule has 0 unspecified atom stereocenters. The Bertz CT molecular complexity index is 1180. The number of rotatable bonds is 13. The van der Waals surface area contributed by atoms with E-state index in [4.69, 9.17) is 16.6 Å². The van der Waals surface area contributed by atoms with Gasteiger partial charge in [-0.2, -0.15) is 0 Å². The van der Waals surface area contributed by atoms with E-state index in [1.807, 2.05) is 30.3 Å². The van der Waals surface area contributed by atoms with Gasteiger partial charge in [-0.05, 0) is 74.5 Å². The number of aromatic nitrogens is 2. The Morgan fingerprint density at radius 2 is 1.77 bits per heavy atom. The van der Waals surface area contributed by atoms with Crippen LogP contribution in [0.4, 0.5) is 5.82 Å². The van der Waals surface area contributed by atoms with Gasteiger partial charge >= 0.3 is 0 Å². The second-order valence-corrected chi connectivity index (χ2v) is 11.4. The molecule has 0 spiro atoms. The predicted octanol–water partition coefficient (Wildman–Crippen LogP) is 6.34. The lowest BCUT2D eigenvalue weighted by Crippen LogP contribution is -2.35. The summed E-state index contributed by atoms with van der Waals surface area (Å²) in [5.41, 5.74) is 3.15. The lowest BCUT2D eigenvalue weighted by Gasteiger charge is -2.33. The highest BCUT2D eigenvalue weighted by molar-refractivity contribution is 7.98. The summed E-state index contributed by atoms with van der Waals surface area (Å²) in [4.78, 5) is 26.6. The number of anilines is 1. The molecule has 1 amide bonds. The van der Waals surface area contributed by atoms with Crippen molar-refractivity contribution in [3.05, 3.63) is 82.5 Å². The van der Waals surface area contributed by atoms with E-state index in [0.717, 1.165) is 69.8 Å². The van der Waals surface area contributed by atoms with Crippen LogP contribution in [0.2, 0.25) is 5.15 Å². The van der Waals surface area contributed by atoms with Crippen molar-refractivity contribution in [2.75, 3.05) is 44.2 Å². The molecule has 2 aromatic carbocycles. The van der Waals surface area contributed by atoms with Crippen LogP contribution in [0.5, 0.6) is 0 Å². The van der Waals surface area contributed by atoms with Gasteiger partial charge in [0.05, 0.1) is 0 Å².